The van der Waals surface area contributed by atoms with Crippen molar-refractivity contribution in [2.75, 3.05) is 46.2 Å². The Morgan fingerprint density at radius 3 is 2.09 bits per heavy atom. The Bertz CT molecular complexity index is 495. The van der Waals surface area contributed by atoms with Crippen LogP contribution in [-0.2, 0) is 5.41 Å². The number of benzene rings is 1. The number of hydrogen-bond acceptors (Lipinski definition) is 3. The van der Waals surface area contributed by atoms with Crippen LogP contribution in [-0.4, -0.2) is 51.1 Å². The van der Waals surface area contributed by atoms with Crippen LogP contribution in [0.1, 0.15) is 50.9 Å². The molecule has 1 heterocycles. The molecule has 0 bridgehead atoms. The molecular weight excluding hydrogens is 270 g/mol. The molecule has 2 rings (SSSR count). The van der Waals surface area contributed by atoms with Crippen LogP contribution in [0.25, 0.3) is 0 Å². The molecule has 124 valence electrons. The second-order valence-electron chi connectivity index (χ2n) is 7.04. The standard InChI is InChI=1S/C19H33N3/c1-8-19(9-2)14-22(10-3)16-13-11-12-15(17(16)19)18(20(4)5)21(6)7/h11-13,18H,8-10,14H2,1-7H3. The Hall–Kier alpha value is -1.06. The molecule has 0 N–H and O–H groups in total. The van der Waals surface area contributed by atoms with Crippen molar-refractivity contribution in [1.82, 2.24) is 9.80 Å². The first-order chi connectivity index (χ1) is 10.4. The van der Waals surface area contributed by atoms with Crippen LogP contribution in [0.5, 0.6) is 0 Å². The lowest BCUT2D eigenvalue weighted by Crippen LogP contribution is -2.36. The van der Waals surface area contributed by atoms with Gasteiger partial charge in [-0.05, 0) is 65.1 Å². The van der Waals surface area contributed by atoms with Gasteiger partial charge in [0, 0.05) is 24.2 Å². The number of anilines is 1. The summed E-state index contributed by atoms with van der Waals surface area (Å²) in [7, 11) is 8.71. The molecule has 1 aliphatic rings. The van der Waals surface area contributed by atoms with Gasteiger partial charge in [0.2, 0.25) is 0 Å². The van der Waals surface area contributed by atoms with E-state index >= 15 is 0 Å². The molecule has 0 saturated carbocycles. The number of nitrogens with zero attached hydrogens (tertiary/aromatic N) is 3. The molecule has 3 heteroatoms. The molecule has 3 nitrogen and oxygen atoms in total. The maximum Gasteiger partial charge on any atom is 0.0879 e. The smallest absolute Gasteiger partial charge is 0.0879 e. The van der Waals surface area contributed by atoms with Crippen molar-refractivity contribution in [3.63, 3.8) is 0 Å². The summed E-state index contributed by atoms with van der Waals surface area (Å²) in [6, 6.07) is 6.89. The summed E-state index contributed by atoms with van der Waals surface area (Å²) in [6.45, 7) is 9.23. The van der Waals surface area contributed by atoms with E-state index in [1.807, 2.05) is 0 Å². The third-order valence-corrected chi connectivity index (χ3v) is 5.43. The van der Waals surface area contributed by atoms with Gasteiger partial charge in [-0.25, -0.2) is 0 Å². The predicted octanol–water partition coefficient (Wildman–Crippen LogP) is 3.71. The van der Waals surface area contributed by atoms with Crippen molar-refractivity contribution in [1.29, 1.82) is 0 Å². The second-order valence-corrected chi connectivity index (χ2v) is 7.04. The number of fused-ring (bicyclic) bond motifs is 1. The van der Waals surface area contributed by atoms with E-state index in [-0.39, 0.29) is 0 Å². The minimum Gasteiger partial charge on any atom is -0.371 e. The fraction of sp³-hybridized carbons (Fsp3) is 0.684. The van der Waals surface area contributed by atoms with Crippen LogP contribution < -0.4 is 4.90 Å². The fourth-order valence-corrected chi connectivity index (χ4v) is 4.27. The van der Waals surface area contributed by atoms with Gasteiger partial charge in [0.25, 0.3) is 0 Å². The maximum absolute atomic E-state index is 2.56. The molecule has 1 aromatic rings. The van der Waals surface area contributed by atoms with Crippen molar-refractivity contribution in [2.45, 2.75) is 45.2 Å². The maximum atomic E-state index is 2.56. The Morgan fingerprint density at radius 2 is 1.64 bits per heavy atom. The molecule has 1 aliphatic heterocycles. The van der Waals surface area contributed by atoms with E-state index in [0.29, 0.717) is 11.6 Å². The quantitative estimate of drug-likeness (QED) is 0.742. The first-order valence-corrected chi connectivity index (χ1v) is 8.63. The molecule has 0 saturated heterocycles. The molecule has 22 heavy (non-hydrogen) atoms. The Balaban J connectivity index is 2.67. The molecule has 0 aliphatic carbocycles. The first kappa shape index (κ1) is 17.3. The van der Waals surface area contributed by atoms with E-state index in [1.165, 1.54) is 24.1 Å². The number of likely N-dealkylation sites (N-methyl/N-ethyl adjacent to an activating group) is 1. The van der Waals surface area contributed by atoms with Gasteiger partial charge in [-0.2, -0.15) is 0 Å². The van der Waals surface area contributed by atoms with E-state index < -0.39 is 0 Å². The molecule has 0 spiro atoms. The van der Waals surface area contributed by atoms with E-state index in [2.05, 4.69) is 81.9 Å². The highest BCUT2D eigenvalue weighted by molar-refractivity contribution is 5.66. The molecule has 1 aromatic carbocycles. The monoisotopic (exact) mass is 303 g/mol. The normalized spacial score (nSPS) is 16.9. The van der Waals surface area contributed by atoms with Crippen molar-refractivity contribution in [3.8, 4) is 0 Å². The molecule has 0 aromatic heterocycles. The van der Waals surface area contributed by atoms with Crippen molar-refractivity contribution in [3.05, 3.63) is 29.3 Å². The Kier molecular flexibility index (Phi) is 5.18. The van der Waals surface area contributed by atoms with Crippen LogP contribution in [0.15, 0.2) is 18.2 Å². The topological polar surface area (TPSA) is 9.72 Å². The molecule has 0 atom stereocenters. The molecule has 0 amide bonds. The summed E-state index contributed by atoms with van der Waals surface area (Å²) in [4.78, 5) is 7.20. The molecule has 0 fully saturated rings. The SMILES string of the molecule is CCN1CC(CC)(CC)c2c(C(N(C)C)N(C)C)cccc21. The highest BCUT2D eigenvalue weighted by Gasteiger charge is 2.42. The van der Waals surface area contributed by atoms with Crippen molar-refractivity contribution >= 4 is 5.69 Å². The van der Waals surface area contributed by atoms with Gasteiger partial charge in [-0.15, -0.1) is 0 Å². The summed E-state index contributed by atoms with van der Waals surface area (Å²) >= 11 is 0. The minimum atomic E-state index is 0.298. The van der Waals surface area contributed by atoms with Gasteiger partial charge < -0.3 is 4.90 Å². The highest BCUT2D eigenvalue weighted by Crippen LogP contribution is 2.48. The van der Waals surface area contributed by atoms with Gasteiger partial charge in [-0.1, -0.05) is 26.0 Å². The predicted molar refractivity (Wildman–Crippen MR) is 96.7 cm³/mol. The lowest BCUT2D eigenvalue weighted by atomic mass is 9.75. The highest BCUT2D eigenvalue weighted by atomic mass is 15.3. The number of rotatable bonds is 6. The molecular formula is C19H33N3. The van der Waals surface area contributed by atoms with Crippen LogP contribution >= 0.6 is 0 Å². The zero-order valence-electron chi connectivity index (χ0n) is 15.5. The van der Waals surface area contributed by atoms with Gasteiger partial charge >= 0.3 is 0 Å². The van der Waals surface area contributed by atoms with Crippen molar-refractivity contribution < 1.29 is 0 Å². The van der Waals surface area contributed by atoms with Crippen LogP contribution in [0, 0.1) is 0 Å². The summed E-state index contributed by atoms with van der Waals surface area (Å²) in [5, 5.41) is 0. The zero-order chi connectivity index (χ0) is 16.5. The van der Waals surface area contributed by atoms with E-state index in [4.69, 9.17) is 0 Å². The molecule has 0 unspecified atom stereocenters. The number of hydrogen-bond donors (Lipinski definition) is 0. The van der Waals surface area contributed by atoms with E-state index in [0.717, 1.165) is 13.1 Å². The summed E-state index contributed by atoms with van der Waals surface area (Å²) < 4.78 is 0. The summed E-state index contributed by atoms with van der Waals surface area (Å²) in [5.74, 6) is 0. The Labute approximate surface area is 136 Å². The summed E-state index contributed by atoms with van der Waals surface area (Å²) in [5.41, 5.74) is 4.82. The zero-order valence-corrected chi connectivity index (χ0v) is 15.5. The Morgan fingerprint density at radius 1 is 1.05 bits per heavy atom. The average Bonchev–Trinajstić information content (AvgIpc) is 2.82. The largest absolute Gasteiger partial charge is 0.371 e. The average molecular weight is 303 g/mol. The first-order valence-electron chi connectivity index (χ1n) is 8.63. The molecule has 0 radical (unpaired) electrons. The van der Waals surface area contributed by atoms with E-state index in [9.17, 15) is 0 Å². The van der Waals surface area contributed by atoms with Gasteiger partial charge in [0.1, 0.15) is 0 Å². The van der Waals surface area contributed by atoms with Crippen molar-refractivity contribution in [2.24, 2.45) is 0 Å². The fourth-order valence-electron chi connectivity index (χ4n) is 4.27. The lowest BCUT2D eigenvalue weighted by Gasteiger charge is -2.36. The third kappa shape index (κ3) is 2.65. The van der Waals surface area contributed by atoms with Gasteiger partial charge in [0.15, 0.2) is 0 Å². The third-order valence-electron chi connectivity index (χ3n) is 5.43. The van der Waals surface area contributed by atoms with E-state index in [1.54, 1.807) is 5.56 Å². The van der Waals surface area contributed by atoms with Crippen LogP contribution in [0.3, 0.4) is 0 Å². The van der Waals surface area contributed by atoms with Crippen LogP contribution in [0.2, 0.25) is 0 Å². The lowest BCUT2D eigenvalue weighted by molar-refractivity contribution is 0.128. The van der Waals surface area contributed by atoms with Crippen LogP contribution in [0.4, 0.5) is 5.69 Å². The minimum absolute atomic E-state index is 0.298. The van der Waals surface area contributed by atoms with Gasteiger partial charge in [0.05, 0.1) is 6.17 Å². The summed E-state index contributed by atoms with van der Waals surface area (Å²) in [6.07, 6.45) is 2.74. The second kappa shape index (κ2) is 6.59. The van der Waals surface area contributed by atoms with Gasteiger partial charge in [-0.3, -0.25) is 9.80 Å².